The van der Waals surface area contributed by atoms with Crippen LogP contribution < -0.4 is 19.3 Å². The molecule has 1 fully saturated rings. The summed E-state index contributed by atoms with van der Waals surface area (Å²) in [5.74, 6) is -0.0292. The molecular weight excluding hydrogens is 502 g/mol. The number of nitrogens with zero attached hydrogens (tertiary/aromatic N) is 2. The first-order valence-electron chi connectivity index (χ1n) is 11.4. The summed E-state index contributed by atoms with van der Waals surface area (Å²) >= 11 is 6.25. The van der Waals surface area contributed by atoms with E-state index in [0.717, 1.165) is 22.0 Å². The Kier molecular flexibility index (Phi) is 7.81. The Bertz CT molecular complexity index is 1370. The summed E-state index contributed by atoms with van der Waals surface area (Å²) < 4.78 is 33.1. The van der Waals surface area contributed by atoms with Gasteiger partial charge in [-0.15, -0.1) is 0 Å². The second-order valence-corrected chi connectivity index (χ2v) is 10.5. The fourth-order valence-electron chi connectivity index (χ4n) is 3.99. The van der Waals surface area contributed by atoms with Gasteiger partial charge >= 0.3 is 0 Å². The van der Waals surface area contributed by atoms with Crippen molar-refractivity contribution in [1.82, 2.24) is 5.32 Å². The molecule has 1 N–H and O–H groups in total. The molecule has 10 heteroatoms. The first kappa shape index (κ1) is 25.5. The average Bonchev–Trinajstić information content (AvgIpc) is 3.32. The molecule has 1 saturated heterocycles. The zero-order chi connectivity index (χ0) is 25.7. The Morgan fingerprint density at radius 2 is 1.86 bits per heavy atom. The second kappa shape index (κ2) is 11.0. The molecule has 1 aliphatic heterocycles. The SMILES string of the molecule is COc1ccc(N(CC(=O)NCc2cccc(N3CCCC3=O)c2)S(=O)(=O)c2ccccc2)cc1Cl. The number of rotatable bonds is 9. The molecular formula is C26H26ClN3O5S. The molecule has 1 aliphatic rings. The van der Waals surface area contributed by atoms with Crippen molar-refractivity contribution in [2.24, 2.45) is 0 Å². The highest BCUT2D eigenvalue weighted by molar-refractivity contribution is 7.92. The summed E-state index contributed by atoms with van der Waals surface area (Å²) in [5.41, 5.74) is 1.81. The monoisotopic (exact) mass is 527 g/mol. The minimum Gasteiger partial charge on any atom is -0.495 e. The van der Waals surface area contributed by atoms with Crippen molar-refractivity contribution < 1.29 is 22.7 Å². The van der Waals surface area contributed by atoms with Crippen molar-refractivity contribution >= 4 is 44.8 Å². The summed E-state index contributed by atoms with van der Waals surface area (Å²) in [6.45, 7) is 0.396. The van der Waals surface area contributed by atoms with Gasteiger partial charge in [0.25, 0.3) is 10.0 Å². The van der Waals surface area contributed by atoms with Gasteiger partial charge in [0.1, 0.15) is 12.3 Å². The molecule has 3 aromatic carbocycles. The smallest absolute Gasteiger partial charge is 0.264 e. The van der Waals surface area contributed by atoms with Crippen LogP contribution in [0.25, 0.3) is 0 Å². The van der Waals surface area contributed by atoms with E-state index in [2.05, 4.69) is 5.32 Å². The number of benzene rings is 3. The van der Waals surface area contributed by atoms with Gasteiger partial charge in [-0.05, 0) is 54.4 Å². The third-order valence-corrected chi connectivity index (χ3v) is 7.91. The van der Waals surface area contributed by atoms with Gasteiger partial charge in [0.15, 0.2) is 0 Å². The lowest BCUT2D eigenvalue weighted by atomic mass is 10.2. The Hall–Kier alpha value is -3.56. The minimum absolute atomic E-state index is 0.0488. The van der Waals surface area contributed by atoms with E-state index in [0.29, 0.717) is 18.7 Å². The molecule has 0 atom stereocenters. The van der Waals surface area contributed by atoms with Gasteiger partial charge in [-0.1, -0.05) is 41.9 Å². The van der Waals surface area contributed by atoms with E-state index in [1.807, 2.05) is 24.3 Å². The standard InChI is InChI=1S/C26H26ClN3O5S/c1-35-24-13-12-21(16-23(24)27)30(36(33,34)22-9-3-2-4-10-22)18-25(31)28-17-19-7-5-8-20(15-19)29-14-6-11-26(29)32/h2-5,7-10,12-13,15-16H,6,11,14,17-18H2,1H3,(H,28,31). The maximum absolute atomic E-state index is 13.5. The Labute approximate surface area is 215 Å². The molecule has 3 aromatic rings. The molecule has 0 aromatic heterocycles. The maximum atomic E-state index is 13.5. The Balaban J connectivity index is 1.54. The fraction of sp³-hybridized carbons (Fsp3) is 0.231. The Morgan fingerprint density at radius 3 is 2.53 bits per heavy atom. The molecule has 0 radical (unpaired) electrons. The van der Waals surface area contributed by atoms with Crippen LogP contribution >= 0.6 is 11.6 Å². The number of sulfonamides is 1. The second-order valence-electron chi connectivity index (χ2n) is 8.24. The molecule has 0 unspecified atom stereocenters. The first-order valence-corrected chi connectivity index (χ1v) is 13.2. The summed E-state index contributed by atoms with van der Waals surface area (Å²) in [4.78, 5) is 26.8. The van der Waals surface area contributed by atoms with Crippen LogP contribution in [0, 0.1) is 0 Å². The van der Waals surface area contributed by atoms with E-state index < -0.39 is 22.5 Å². The van der Waals surface area contributed by atoms with Crippen molar-refractivity contribution in [3.05, 3.63) is 83.4 Å². The van der Waals surface area contributed by atoms with Crippen LogP contribution in [-0.2, 0) is 26.2 Å². The quantitative estimate of drug-likeness (QED) is 0.454. The molecule has 1 heterocycles. The number of hydrogen-bond acceptors (Lipinski definition) is 5. The maximum Gasteiger partial charge on any atom is 0.264 e. The fourth-order valence-corrected chi connectivity index (χ4v) is 5.67. The lowest BCUT2D eigenvalue weighted by molar-refractivity contribution is -0.120. The van der Waals surface area contributed by atoms with E-state index in [4.69, 9.17) is 16.3 Å². The van der Waals surface area contributed by atoms with Crippen LogP contribution in [0.2, 0.25) is 5.02 Å². The molecule has 0 spiro atoms. The number of hydrogen-bond donors (Lipinski definition) is 1. The highest BCUT2D eigenvalue weighted by atomic mass is 35.5. The van der Waals surface area contributed by atoms with Crippen molar-refractivity contribution in [2.75, 3.05) is 29.4 Å². The molecule has 36 heavy (non-hydrogen) atoms. The van der Waals surface area contributed by atoms with Gasteiger partial charge in [-0.25, -0.2) is 8.42 Å². The predicted octanol–water partition coefficient (Wildman–Crippen LogP) is 3.99. The highest BCUT2D eigenvalue weighted by Crippen LogP contribution is 2.32. The highest BCUT2D eigenvalue weighted by Gasteiger charge is 2.28. The molecule has 8 nitrogen and oxygen atoms in total. The number of ether oxygens (including phenoxy) is 1. The van der Waals surface area contributed by atoms with Gasteiger partial charge in [-0.2, -0.15) is 0 Å². The van der Waals surface area contributed by atoms with Crippen molar-refractivity contribution in [3.63, 3.8) is 0 Å². The summed E-state index contributed by atoms with van der Waals surface area (Å²) in [7, 11) is -2.60. The topological polar surface area (TPSA) is 96.0 Å². The van der Waals surface area contributed by atoms with Crippen LogP contribution in [-0.4, -0.2) is 40.4 Å². The third-order valence-electron chi connectivity index (χ3n) is 5.83. The van der Waals surface area contributed by atoms with Crippen molar-refractivity contribution in [1.29, 1.82) is 0 Å². The number of anilines is 2. The van der Waals surface area contributed by atoms with E-state index in [-0.39, 0.29) is 28.1 Å². The van der Waals surface area contributed by atoms with Gasteiger partial charge in [0.2, 0.25) is 11.8 Å². The lowest BCUT2D eigenvalue weighted by Gasteiger charge is -2.24. The number of halogens is 1. The first-order chi connectivity index (χ1) is 17.3. The summed E-state index contributed by atoms with van der Waals surface area (Å²) in [5, 5.41) is 3.00. The van der Waals surface area contributed by atoms with Gasteiger partial charge in [0, 0.05) is 25.2 Å². The third kappa shape index (κ3) is 5.63. The predicted molar refractivity (Wildman–Crippen MR) is 139 cm³/mol. The van der Waals surface area contributed by atoms with E-state index >= 15 is 0 Å². The van der Waals surface area contributed by atoms with Crippen LogP contribution in [0.1, 0.15) is 18.4 Å². The number of carbonyl (C=O) groups excluding carboxylic acids is 2. The summed E-state index contributed by atoms with van der Waals surface area (Å²) in [6.07, 6.45) is 1.35. The number of amides is 2. The van der Waals surface area contributed by atoms with E-state index in [9.17, 15) is 18.0 Å². The van der Waals surface area contributed by atoms with Gasteiger partial charge in [0.05, 0.1) is 22.7 Å². The zero-order valence-electron chi connectivity index (χ0n) is 19.7. The molecule has 0 saturated carbocycles. The van der Waals surface area contributed by atoms with Crippen LogP contribution in [0.4, 0.5) is 11.4 Å². The van der Waals surface area contributed by atoms with E-state index in [1.54, 1.807) is 29.2 Å². The van der Waals surface area contributed by atoms with Crippen LogP contribution in [0.5, 0.6) is 5.75 Å². The van der Waals surface area contributed by atoms with Crippen molar-refractivity contribution in [3.8, 4) is 5.75 Å². The van der Waals surface area contributed by atoms with Crippen LogP contribution in [0.3, 0.4) is 0 Å². The average molecular weight is 528 g/mol. The van der Waals surface area contributed by atoms with Crippen molar-refractivity contribution in [2.45, 2.75) is 24.3 Å². The number of carbonyl (C=O) groups is 2. The van der Waals surface area contributed by atoms with Gasteiger partial charge in [-0.3, -0.25) is 13.9 Å². The van der Waals surface area contributed by atoms with Crippen LogP contribution in [0.15, 0.2) is 77.7 Å². The molecule has 0 aliphatic carbocycles. The minimum atomic E-state index is -4.06. The molecule has 188 valence electrons. The molecule has 2 amide bonds. The number of nitrogens with one attached hydrogen (secondary N) is 1. The number of methoxy groups -OCH3 is 1. The summed E-state index contributed by atoms with van der Waals surface area (Å²) in [6, 6.07) is 19.8. The molecule has 4 rings (SSSR count). The molecule has 0 bridgehead atoms. The van der Waals surface area contributed by atoms with E-state index in [1.165, 1.54) is 31.4 Å². The van der Waals surface area contributed by atoms with Gasteiger partial charge < -0.3 is 15.0 Å². The lowest BCUT2D eigenvalue weighted by Crippen LogP contribution is -2.40. The Morgan fingerprint density at radius 1 is 1.08 bits per heavy atom. The largest absolute Gasteiger partial charge is 0.495 e. The normalized spacial score (nSPS) is 13.5. The zero-order valence-corrected chi connectivity index (χ0v) is 21.3.